The van der Waals surface area contributed by atoms with Gasteiger partial charge in [-0.15, -0.1) is 0 Å². The van der Waals surface area contributed by atoms with Crippen molar-refractivity contribution in [3.8, 4) is 0 Å². The van der Waals surface area contributed by atoms with Crippen LogP contribution in [0.5, 0.6) is 0 Å². The SMILES string of the molecule is O=C(NCc1cnc[nH]1)Nc1c(Cl)cc(C(=O)O)cc1Cl. The Morgan fingerprint density at radius 2 is 1.95 bits per heavy atom. The summed E-state index contributed by atoms with van der Waals surface area (Å²) in [6.07, 6.45) is 3.06. The van der Waals surface area contributed by atoms with Crippen LogP contribution in [-0.2, 0) is 6.54 Å². The number of halogens is 2. The molecule has 9 heteroatoms. The first kappa shape index (κ1) is 15.1. The lowest BCUT2D eigenvalue weighted by Crippen LogP contribution is -2.28. The maximum Gasteiger partial charge on any atom is 0.335 e. The van der Waals surface area contributed by atoms with Crippen molar-refractivity contribution in [2.75, 3.05) is 5.32 Å². The molecule has 0 bridgehead atoms. The van der Waals surface area contributed by atoms with Crippen LogP contribution in [0.2, 0.25) is 10.0 Å². The van der Waals surface area contributed by atoms with E-state index in [0.717, 1.165) is 5.69 Å². The van der Waals surface area contributed by atoms with Gasteiger partial charge in [-0.05, 0) is 12.1 Å². The van der Waals surface area contributed by atoms with Crippen LogP contribution in [0.3, 0.4) is 0 Å². The highest BCUT2D eigenvalue weighted by Crippen LogP contribution is 2.31. The number of anilines is 1. The molecule has 0 radical (unpaired) electrons. The lowest BCUT2D eigenvalue weighted by Gasteiger charge is -2.11. The minimum absolute atomic E-state index is 0.0385. The number of carbonyl (C=O) groups excluding carboxylic acids is 1. The normalized spacial score (nSPS) is 10.2. The van der Waals surface area contributed by atoms with Crippen molar-refractivity contribution >= 4 is 40.9 Å². The third-order valence-electron chi connectivity index (χ3n) is 2.52. The van der Waals surface area contributed by atoms with Gasteiger partial charge in [0.05, 0.1) is 39.9 Å². The summed E-state index contributed by atoms with van der Waals surface area (Å²) in [7, 11) is 0. The standard InChI is InChI=1S/C12H10Cl2N4O3/c13-8-1-6(11(19)20)2-9(14)10(8)18-12(21)16-4-7-3-15-5-17-7/h1-3,5H,4H2,(H,15,17)(H,19,20)(H2,16,18,21). The summed E-state index contributed by atoms with van der Waals surface area (Å²) in [5.41, 5.74) is 0.808. The molecule has 2 aromatic rings. The van der Waals surface area contributed by atoms with Crippen molar-refractivity contribution in [3.05, 3.63) is 46.0 Å². The molecule has 1 aromatic carbocycles. The number of H-pyrrole nitrogens is 1. The highest BCUT2D eigenvalue weighted by molar-refractivity contribution is 6.40. The number of hydrogen-bond acceptors (Lipinski definition) is 3. The second-order valence-corrected chi connectivity index (χ2v) is 4.82. The van der Waals surface area contributed by atoms with Gasteiger partial charge in [-0.25, -0.2) is 14.6 Å². The quantitative estimate of drug-likeness (QED) is 0.692. The van der Waals surface area contributed by atoms with Gasteiger partial charge < -0.3 is 20.7 Å². The molecule has 0 unspecified atom stereocenters. The predicted octanol–water partition coefficient (Wildman–Crippen LogP) is 2.74. The maximum atomic E-state index is 11.7. The number of nitrogens with one attached hydrogen (secondary N) is 3. The average molecular weight is 329 g/mol. The smallest absolute Gasteiger partial charge is 0.335 e. The number of carboxylic acids is 1. The molecule has 110 valence electrons. The molecule has 1 heterocycles. The Balaban J connectivity index is 2.05. The van der Waals surface area contributed by atoms with Crippen LogP contribution in [0.4, 0.5) is 10.5 Å². The second-order valence-electron chi connectivity index (χ2n) is 4.00. The molecule has 0 fully saturated rings. The van der Waals surface area contributed by atoms with Crippen molar-refractivity contribution in [2.45, 2.75) is 6.54 Å². The molecule has 0 saturated carbocycles. The lowest BCUT2D eigenvalue weighted by molar-refractivity contribution is 0.0697. The lowest BCUT2D eigenvalue weighted by atomic mass is 10.2. The molecular formula is C12H10Cl2N4O3. The number of aromatic nitrogens is 2. The van der Waals surface area contributed by atoms with Crippen molar-refractivity contribution in [1.82, 2.24) is 15.3 Å². The predicted molar refractivity (Wildman–Crippen MR) is 77.9 cm³/mol. The van der Waals surface area contributed by atoms with E-state index in [9.17, 15) is 9.59 Å². The van der Waals surface area contributed by atoms with E-state index in [1.807, 2.05) is 0 Å². The van der Waals surface area contributed by atoms with Crippen LogP contribution in [0.25, 0.3) is 0 Å². The fourth-order valence-electron chi connectivity index (χ4n) is 1.53. The first-order valence-corrected chi connectivity index (χ1v) is 6.47. The van der Waals surface area contributed by atoms with E-state index < -0.39 is 12.0 Å². The topological polar surface area (TPSA) is 107 Å². The molecule has 0 aliphatic heterocycles. The number of hydrogen-bond donors (Lipinski definition) is 4. The van der Waals surface area contributed by atoms with Crippen molar-refractivity contribution < 1.29 is 14.7 Å². The van der Waals surface area contributed by atoms with E-state index in [4.69, 9.17) is 28.3 Å². The van der Waals surface area contributed by atoms with Gasteiger partial charge in [0.15, 0.2) is 0 Å². The fourth-order valence-corrected chi connectivity index (χ4v) is 2.11. The summed E-state index contributed by atoms with van der Waals surface area (Å²) >= 11 is 11.8. The third-order valence-corrected chi connectivity index (χ3v) is 3.12. The first-order valence-electron chi connectivity index (χ1n) is 5.72. The number of nitrogens with zero attached hydrogens (tertiary/aromatic N) is 1. The number of benzene rings is 1. The van der Waals surface area contributed by atoms with Crippen LogP contribution in [0.15, 0.2) is 24.7 Å². The third kappa shape index (κ3) is 3.87. The van der Waals surface area contributed by atoms with Gasteiger partial charge in [-0.2, -0.15) is 0 Å². The van der Waals surface area contributed by atoms with Gasteiger partial charge >= 0.3 is 12.0 Å². The van der Waals surface area contributed by atoms with E-state index in [-0.39, 0.29) is 27.8 Å². The van der Waals surface area contributed by atoms with Crippen LogP contribution in [-0.4, -0.2) is 27.1 Å². The summed E-state index contributed by atoms with van der Waals surface area (Å²) in [4.78, 5) is 29.2. The summed E-state index contributed by atoms with van der Waals surface area (Å²) in [6.45, 7) is 0.244. The first-order chi connectivity index (χ1) is 9.97. The highest BCUT2D eigenvalue weighted by atomic mass is 35.5. The number of imidazole rings is 1. The minimum Gasteiger partial charge on any atom is -0.478 e. The highest BCUT2D eigenvalue weighted by Gasteiger charge is 2.14. The molecule has 21 heavy (non-hydrogen) atoms. The number of amides is 2. The molecule has 2 rings (SSSR count). The molecule has 1 aromatic heterocycles. The Bertz CT molecular complexity index is 650. The van der Waals surface area contributed by atoms with Gasteiger partial charge in [0.1, 0.15) is 0 Å². The van der Waals surface area contributed by atoms with Crippen molar-refractivity contribution in [1.29, 1.82) is 0 Å². The van der Waals surface area contributed by atoms with E-state index >= 15 is 0 Å². The molecule has 0 saturated heterocycles. The van der Waals surface area contributed by atoms with Crippen LogP contribution >= 0.6 is 23.2 Å². The molecular weight excluding hydrogens is 319 g/mol. The number of urea groups is 1. The molecule has 0 aliphatic carbocycles. The minimum atomic E-state index is -1.16. The number of carbonyl (C=O) groups is 2. The molecule has 2 amide bonds. The van der Waals surface area contributed by atoms with E-state index in [1.165, 1.54) is 18.5 Å². The molecule has 0 atom stereocenters. The van der Waals surface area contributed by atoms with Gasteiger partial charge in [-0.1, -0.05) is 23.2 Å². The second kappa shape index (κ2) is 6.47. The van der Waals surface area contributed by atoms with E-state index in [1.54, 1.807) is 6.20 Å². The Morgan fingerprint density at radius 3 is 2.48 bits per heavy atom. The van der Waals surface area contributed by atoms with Gasteiger partial charge in [-0.3, -0.25) is 0 Å². The van der Waals surface area contributed by atoms with Crippen LogP contribution in [0, 0.1) is 0 Å². The average Bonchev–Trinajstić information content (AvgIpc) is 2.93. The van der Waals surface area contributed by atoms with Crippen molar-refractivity contribution in [3.63, 3.8) is 0 Å². The number of aromatic amines is 1. The number of rotatable bonds is 4. The van der Waals surface area contributed by atoms with Gasteiger partial charge in [0.2, 0.25) is 0 Å². The van der Waals surface area contributed by atoms with Gasteiger partial charge in [0, 0.05) is 6.20 Å². The van der Waals surface area contributed by atoms with Crippen LogP contribution in [0.1, 0.15) is 16.1 Å². The van der Waals surface area contributed by atoms with E-state index in [0.29, 0.717) is 0 Å². The summed E-state index contributed by atoms with van der Waals surface area (Å²) in [6, 6.07) is 1.89. The summed E-state index contributed by atoms with van der Waals surface area (Å²) in [5, 5.41) is 14.0. The fraction of sp³-hybridized carbons (Fsp3) is 0.0833. The van der Waals surface area contributed by atoms with Gasteiger partial charge in [0.25, 0.3) is 0 Å². The Labute approximate surface area is 129 Å². The monoisotopic (exact) mass is 328 g/mol. The van der Waals surface area contributed by atoms with Crippen LogP contribution < -0.4 is 10.6 Å². The Morgan fingerprint density at radius 1 is 1.29 bits per heavy atom. The molecule has 7 nitrogen and oxygen atoms in total. The molecule has 0 aliphatic rings. The summed E-state index contributed by atoms with van der Waals surface area (Å²) < 4.78 is 0. The maximum absolute atomic E-state index is 11.7. The zero-order valence-corrected chi connectivity index (χ0v) is 12.0. The number of carboxylic acid groups (broad SMARTS) is 1. The van der Waals surface area contributed by atoms with E-state index in [2.05, 4.69) is 20.6 Å². The molecule has 0 spiro atoms. The zero-order chi connectivity index (χ0) is 15.4. The Hall–Kier alpha value is -2.25. The largest absolute Gasteiger partial charge is 0.478 e. The Kier molecular flexibility index (Phi) is 4.66. The van der Waals surface area contributed by atoms with Crippen molar-refractivity contribution in [2.24, 2.45) is 0 Å². The molecule has 4 N–H and O–H groups in total. The summed E-state index contributed by atoms with van der Waals surface area (Å²) in [5.74, 6) is -1.16. The zero-order valence-electron chi connectivity index (χ0n) is 10.5. The number of aromatic carboxylic acids is 1.